The van der Waals surface area contributed by atoms with Gasteiger partial charge in [-0.3, -0.25) is 4.79 Å². The highest BCUT2D eigenvalue weighted by Crippen LogP contribution is 2.21. The Labute approximate surface area is 123 Å². The van der Waals surface area contributed by atoms with Gasteiger partial charge in [0.05, 0.1) is 24.2 Å². The molecule has 0 spiro atoms. The third-order valence-electron chi connectivity index (χ3n) is 2.88. The molecule has 0 radical (unpaired) electrons. The van der Waals surface area contributed by atoms with Gasteiger partial charge in [-0.25, -0.2) is 4.79 Å². The summed E-state index contributed by atoms with van der Waals surface area (Å²) >= 11 is 5.90. The number of carbonyl (C=O) groups is 2. The van der Waals surface area contributed by atoms with Crippen molar-refractivity contribution in [1.29, 1.82) is 0 Å². The molecule has 20 heavy (non-hydrogen) atoms. The number of esters is 1. The van der Waals surface area contributed by atoms with E-state index < -0.39 is 5.97 Å². The Bertz CT molecular complexity index is 491. The number of methoxy groups -OCH3 is 1. The van der Waals surface area contributed by atoms with Gasteiger partial charge in [-0.2, -0.15) is 0 Å². The molecule has 0 aliphatic carbocycles. The Morgan fingerprint density at radius 3 is 2.70 bits per heavy atom. The zero-order chi connectivity index (χ0) is 15.1. The number of ether oxygens (including phenoxy) is 1. The molecule has 1 rings (SSSR count). The van der Waals surface area contributed by atoms with Crippen LogP contribution in [0, 0.1) is 0 Å². The number of benzene rings is 1. The van der Waals surface area contributed by atoms with Gasteiger partial charge in [0.1, 0.15) is 0 Å². The lowest BCUT2D eigenvalue weighted by molar-refractivity contribution is -0.115. The summed E-state index contributed by atoms with van der Waals surface area (Å²) in [5.74, 6) is -0.715. The quantitative estimate of drug-likeness (QED) is 0.792. The van der Waals surface area contributed by atoms with Crippen molar-refractivity contribution in [3.05, 3.63) is 28.8 Å². The van der Waals surface area contributed by atoms with Crippen molar-refractivity contribution in [2.45, 2.75) is 26.3 Å². The first-order chi connectivity index (χ1) is 9.47. The molecule has 1 atom stereocenters. The Morgan fingerprint density at radius 2 is 2.10 bits per heavy atom. The molecular weight excluding hydrogens is 280 g/mol. The van der Waals surface area contributed by atoms with Crippen molar-refractivity contribution in [2.75, 3.05) is 19.0 Å². The molecular formula is C14H19ClN2O3. The zero-order valence-electron chi connectivity index (χ0n) is 11.8. The highest BCUT2D eigenvalue weighted by atomic mass is 35.5. The Morgan fingerprint density at radius 1 is 1.40 bits per heavy atom. The lowest BCUT2D eigenvalue weighted by Crippen LogP contribution is -2.34. The van der Waals surface area contributed by atoms with Gasteiger partial charge in [0.25, 0.3) is 0 Å². The molecule has 0 aromatic heterocycles. The largest absolute Gasteiger partial charge is 0.465 e. The van der Waals surface area contributed by atoms with E-state index in [-0.39, 0.29) is 29.1 Å². The van der Waals surface area contributed by atoms with Crippen LogP contribution in [0.25, 0.3) is 0 Å². The van der Waals surface area contributed by atoms with E-state index in [4.69, 9.17) is 11.6 Å². The minimum Gasteiger partial charge on any atom is -0.465 e. The van der Waals surface area contributed by atoms with E-state index in [2.05, 4.69) is 15.4 Å². The molecule has 1 aromatic rings. The zero-order valence-corrected chi connectivity index (χ0v) is 12.6. The first-order valence-corrected chi connectivity index (χ1v) is 6.76. The molecule has 6 heteroatoms. The first kappa shape index (κ1) is 16.5. The summed E-state index contributed by atoms with van der Waals surface area (Å²) in [4.78, 5) is 23.2. The van der Waals surface area contributed by atoms with Crippen LogP contribution in [0.2, 0.25) is 5.02 Å². The second kappa shape index (κ2) is 7.87. The number of carbonyl (C=O) groups excluding carboxylic acids is 2. The van der Waals surface area contributed by atoms with Crippen LogP contribution in [-0.2, 0) is 9.53 Å². The minimum absolute atomic E-state index is 0.177. The second-order valence-electron chi connectivity index (χ2n) is 4.42. The summed E-state index contributed by atoms with van der Waals surface area (Å²) in [5.41, 5.74) is 0.729. The van der Waals surface area contributed by atoms with Crippen molar-refractivity contribution in [2.24, 2.45) is 0 Å². The van der Waals surface area contributed by atoms with E-state index in [1.807, 2.05) is 13.8 Å². The van der Waals surface area contributed by atoms with Crippen LogP contribution < -0.4 is 10.6 Å². The van der Waals surface area contributed by atoms with E-state index in [9.17, 15) is 9.59 Å². The molecule has 1 aromatic carbocycles. The lowest BCUT2D eigenvalue weighted by atomic mass is 10.2. The topological polar surface area (TPSA) is 67.4 Å². The van der Waals surface area contributed by atoms with E-state index in [0.717, 1.165) is 6.42 Å². The normalized spacial score (nSPS) is 11.8. The molecule has 0 saturated carbocycles. The highest BCUT2D eigenvalue weighted by molar-refractivity contribution is 6.33. The molecule has 1 unspecified atom stereocenters. The van der Waals surface area contributed by atoms with E-state index in [0.29, 0.717) is 5.69 Å². The smallest absolute Gasteiger partial charge is 0.339 e. The van der Waals surface area contributed by atoms with Gasteiger partial charge >= 0.3 is 5.97 Å². The number of amides is 1. The Hall–Kier alpha value is -1.59. The minimum atomic E-state index is -0.538. The van der Waals surface area contributed by atoms with Gasteiger partial charge in [0, 0.05) is 11.7 Å². The standard InChI is InChI=1S/C14H19ClN2O3/c1-4-9(2)16-8-13(18)17-10-5-6-12(15)11(7-10)14(19)20-3/h5-7,9,16H,4,8H2,1-3H3,(H,17,18). The molecule has 0 saturated heterocycles. The summed E-state index contributed by atoms with van der Waals surface area (Å²) in [7, 11) is 1.28. The number of nitrogens with one attached hydrogen (secondary N) is 2. The summed E-state index contributed by atoms with van der Waals surface area (Å²) < 4.78 is 4.62. The first-order valence-electron chi connectivity index (χ1n) is 6.39. The van der Waals surface area contributed by atoms with Crippen LogP contribution in [0.15, 0.2) is 18.2 Å². The summed E-state index contributed by atoms with van der Waals surface area (Å²) in [5, 5.41) is 6.07. The third-order valence-corrected chi connectivity index (χ3v) is 3.21. The van der Waals surface area contributed by atoms with Crippen LogP contribution in [-0.4, -0.2) is 31.6 Å². The predicted molar refractivity (Wildman–Crippen MR) is 79.2 cm³/mol. The fraction of sp³-hybridized carbons (Fsp3) is 0.429. The molecule has 0 bridgehead atoms. The van der Waals surface area contributed by atoms with Gasteiger partial charge in [0.2, 0.25) is 5.91 Å². The third kappa shape index (κ3) is 4.83. The number of rotatable bonds is 6. The van der Waals surface area contributed by atoms with Crippen molar-refractivity contribution in [3.8, 4) is 0 Å². The van der Waals surface area contributed by atoms with Crippen molar-refractivity contribution in [1.82, 2.24) is 5.32 Å². The van der Waals surface area contributed by atoms with Crippen molar-refractivity contribution < 1.29 is 14.3 Å². The fourth-order valence-electron chi connectivity index (χ4n) is 1.49. The molecule has 1 amide bonds. The molecule has 2 N–H and O–H groups in total. The Kier molecular flexibility index (Phi) is 6.48. The number of anilines is 1. The number of halogens is 1. The van der Waals surface area contributed by atoms with Crippen LogP contribution in [0.5, 0.6) is 0 Å². The predicted octanol–water partition coefficient (Wildman–Crippen LogP) is 2.45. The summed E-state index contributed by atoms with van der Waals surface area (Å²) in [6.07, 6.45) is 0.945. The SMILES string of the molecule is CCC(C)NCC(=O)Nc1ccc(Cl)c(C(=O)OC)c1. The molecule has 5 nitrogen and oxygen atoms in total. The summed E-state index contributed by atoms with van der Waals surface area (Å²) in [6.45, 7) is 4.26. The molecule has 110 valence electrons. The summed E-state index contributed by atoms with van der Waals surface area (Å²) in [6, 6.07) is 4.95. The maximum Gasteiger partial charge on any atom is 0.339 e. The van der Waals surface area contributed by atoms with Crippen molar-refractivity contribution in [3.63, 3.8) is 0 Å². The maximum atomic E-state index is 11.7. The van der Waals surface area contributed by atoms with E-state index >= 15 is 0 Å². The molecule has 0 fully saturated rings. The van der Waals surface area contributed by atoms with Gasteiger partial charge in [-0.05, 0) is 31.5 Å². The maximum absolute atomic E-state index is 11.7. The lowest BCUT2D eigenvalue weighted by Gasteiger charge is -2.12. The molecule has 0 heterocycles. The van der Waals surface area contributed by atoms with Crippen LogP contribution >= 0.6 is 11.6 Å². The monoisotopic (exact) mass is 298 g/mol. The van der Waals surface area contributed by atoms with Gasteiger partial charge < -0.3 is 15.4 Å². The number of hydrogen-bond acceptors (Lipinski definition) is 4. The second-order valence-corrected chi connectivity index (χ2v) is 4.83. The van der Waals surface area contributed by atoms with Gasteiger partial charge in [0.15, 0.2) is 0 Å². The van der Waals surface area contributed by atoms with Gasteiger partial charge in [-0.15, -0.1) is 0 Å². The number of hydrogen-bond donors (Lipinski definition) is 2. The van der Waals surface area contributed by atoms with Gasteiger partial charge in [-0.1, -0.05) is 18.5 Å². The highest BCUT2D eigenvalue weighted by Gasteiger charge is 2.12. The Balaban J connectivity index is 2.68. The van der Waals surface area contributed by atoms with E-state index in [1.165, 1.54) is 13.2 Å². The molecule has 0 aliphatic heterocycles. The fourth-order valence-corrected chi connectivity index (χ4v) is 1.68. The average Bonchev–Trinajstić information content (AvgIpc) is 2.45. The average molecular weight is 299 g/mol. The van der Waals surface area contributed by atoms with E-state index in [1.54, 1.807) is 12.1 Å². The van der Waals surface area contributed by atoms with Crippen LogP contribution in [0.1, 0.15) is 30.6 Å². The van der Waals surface area contributed by atoms with Crippen LogP contribution in [0.3, 0.4) is 0 Å². The molecule has 0 aliphatic rings. The van der Waals surface area contributed by atoms with Crippen LogP contribution in [0.4, 0.5) is 5.69 Å². The van der Waals surface area contributed by atoms with Crippen molar-refractivity contribution >= 4 is 29.2 Å².